The summed E-state index contributed by atoms with van der Waals surface area (Å²) in [6, 6.07) is 0. The molecule has 0 radical (unpaired) electrons. The number of hydrogen-bond acceptors (Lipinski definition) is 3. The van der Waals surface area contributed by atoms with Gasteiger partial charge in [0, 0.05) is 6.42 Å². The second kappa shape index (κ2) is 6.09. The highest BCUT2D eigenvalue weighted by atomic mass is 16.3. The second-order valence-corrected chi connectivity index (χ2v) is 9.98. The van der Waals surface area contributed by atoms with Gasteiger partial charge in [-0.15, -0.1) is 0 Å². The quantitative estimate of drug-likeness (QED) is 0.762. The Bertz CT molecular complexity index is 499. The summed E-state index contributed by atoms with van der Waals surface area (Å²) in [5, 5.41) is 20.7. The van der Waals surface area contributed by atoms with E-state index in [2.05, 4.69) is 13.8 Å². The molecule has 7 atom stereocenters. The summed E-state index contributed by atoms with van der Waals surface area (Å²) in [5.74, 6) is 2.38. The van der Waals surface area contributed by atoms with Gasteiger partial charge in [-0.1, -0.05) is 27.2 Å². The molecule has 0 amide bonds. The molecule has 0 aliphatic heterocycles. The number of rotatable bonds is 1. The SMILES string of the molecule is CC1C[C@@](C)(O)CCC[C@@H]2C1CCC1[C@](C)(CO)C(=O)CC[C@]12C. The normalized spacial score (nSPS) is 52.8. The molecule has 3 rings (SSSR count). The zero-order valence-corrected chi connectivity index (χ0v) is 16.0. The lowest BCUT2D eigenvalue weighted by atomic mass is 9.44. The van der Waals surface area contributed by atoms with E-state index < -0.39 is 11.0 Å². The molecule has 0 heterocycles. The Morgan fingerprint density at radius 1 is 1.12 bits per heavy atom. The molecule has 3 fully saturated rings. The molecule has 0 spiro atoms. The topological polar surface area (TPSA) is 57.5 Å². The standard InChI is InChI=1S/C21H36O3/c1-14-12-19(2,24)10-5-6-16-15(14)7-8-17-20(16,3)11-9-18(23)21(17,4)13-22/h14-17,22,24H,5-13H2,1-4H3/t14?,15?,16-,17?,19+,20+,21+/m1/s1. The van der Waals surface area contributed by atoms with Crippen molar-refractivity contribution in [3.05, 3.63) is 0 Å². The summed E-state index contributed by atoms with van der Waals surface area (Å²) in [5.41, 5.74) is -0.912. The van der Waals surface area contributed by atoms with Crippen molar-refractivity contribution in [2.45, 2.75) is 84.7 Å². The van der Waals surface area contributed by atoms with Crippen molar-refractivity contribution < 1.29 is 15.0 Å². The minimum Gasteiger partial charge on any atom is -0.395 e. The number of carbonyl (C=O) groups excluding carboxylic acids is 1. The number of Topliss-reactive ketones (excluding diaryl/α,β-unsaturated/α-hetero) is 1. The zero-order valence-electron chi connectivity index (χ0n) is 16.0. The molecule has 0 bridgehead atoms. The van der Waals surface area contributed by atoms with E-state index in [4.69, 9.17) is 0 Å². The van der Waals surface area contributed by atoms with Gasteiger partial charge in [0.05, 0.1) is 17.6 Å². The Labute approximate surface area is 147 Å². The minimum absolute atomic E-state index is 0.00621. The number of ketones is 1. The third-order valence-corrected chi connectivity index (χ3v) is 8.30. The molecule has 0 aromatic carbocycles. The fraction of sp³-hybridized carbons (Fsp3) is 0.952. The maximum Gasteiger partial charge on any atom is 0.141 e. The average molecular weight is 337 g/mol. The summed E-state index contributed by atoms with van der Waals surface area (Å²) in [7, 11) is 0. The van der Waals surface area contributed by atoms with Gasteiger partial charge in [0.25, 0.3) is 0 Å². The van der Waals surface area contributed by atoms with Crippen LogP contribution in [-0.4, -0.2) is 28.2 Å². The first-order valence-corrected chi connectivity index (χ1v) is 10.0. The first kappa shape index (κ1) is 18.4. The van der Waals surface area contributed by atoms with Gasteiger partial charge >= 0.3 is 0 Å². The number of aliphatic hydroxyl groups is 2. The van der Waals surface area contributed by atoms with Gasteiger partial charge in [0.2, 0.25) is 0 Å². The van der Waals surface area contributed by atoms with Gasteiger partial charge in [-0.3, -0.25) is 4.79 Å². The van der Waals surface area contributed by atoms with E-state index in [1.54, 1.807) is 0 Å². The van der Waals surface area contributed by atoms with Gasteiger partial charge in [-0.25, -0.2) is 0 Å². The van der Waals surface area contributed by atoms with Gasteiger partial charge in [0.1, 0.15) is 5.78 Å². The van der Waals surface area contributed by atoms with Gasteiger partial charge in [-0.05, 0) is 74.5 Å². The van der Waals surface area contributed by atoms with Crippen LogP contribution < -0.4 is 0 Å². The van der Waals surface area contributed by atoms with Crippen LogP contribution in [0.15, 0.2) is 0 Å². The summed E-state index contributed by atoms with van der Waals surface area (Å²) in [6.07, 6.45) is 7.82. The molecule has 3 heteroatoms. The minimum atomic E-state index is -0.547. The Morgan fingerprint density at radius 2 is 1.83 bits per heavy atom. The van der Waals surface area contributed by atoms with Crippen molar-refractivity contribution in [2.75, 3.05) is 6.61 Å². The van der Waals surface area contributed by atoms with E-state index in [0.29, 0.717) is 30.1 Å². The van der Waals surface area contributed by atoms with Crippen molar-refractivity contribution in [2.24, 2.45) is 34.5 Å². The lowest BCUT2D eigenvalue weighted by molar-refractivity contribution is -0.164. The highest BCUT2D eigenvalue weighted by molar-refractivity contribution is 5.86. The third-order valence-electron chi connectivity index (χ3n) is 8.30. The van der Waals surface area contributed by atoms with E-state index in [9.17, 15) is 15.0 Å². The fourth-order valence-electron chi connectivity index (χ4n) is 6.98. The van der Waals surface area contributed by atoms with Crippen molar-refractivity contribution in [3.8, 4) is 0 Å². The van der Waals surface area contributed by atoms with Crippen LogP contribution in [0.1, 0.15) is 79.1 Å². The third kappa shape index (κ3) is 2.76. The largest absolute Gasteiger partial charge is 0.395 e. The maximum atomic E-state index is 12.6. The van der Waals surface area contributed by atoms with E-state index in [0.717, 1.165) is 44.9 Å². The number of fused-ring (bicyclic) bond motifs is 3. The lowest BCUT2D eigenvalue weighted by Gasteiger charge is -2.60. The molecular formula is C21H36O3. The van der Waals surface area contributed by atoms with Crippen LogP contribution in [0.3, 0.4) is 0 Å². The van der Waals surface area contributed by atoms with E-state index in [1.165, 1.54) is 0 Å². The summed E-state index contributed by atoms with van der Waals surface area (Å²) in [6.45, 7) is 8.73. The molecule has 3 unspecified atom stereocenters. The van der Waals surface area contributed by atoms with Crippen molar-refractivity contribution in [1.29, 1.82) is 0 Å². The smallest absolute Gasteiger partial charge is 0.141 e. The Hall–Kier alpha value is -0.410. The lowest BCUT2D eigenvalue weighted by Crippen LogP contribution is -2.58. The molecule has 24 heavy (non-hydrogen) atoms. The highest BCUT2D eigenvalue weighted by Gasteiger charge is 2.59. The van der Waals surface area contributed by atoms with Crippen molar-refractivity contribution in [1.82, 2.24) is 0 Å². The van der Waals surface area contributed by atoms with Gasteiger partial charge in [0.15, 0.2) is 0 Å². The van der Waals surface area contributed by atoms with Crippen LogP contribution in [0.4, 0.5) is 0 Å². The molecule has 3 aliphatic carbocycles. The molecule has 3 saturated carbocycles. The Morgan fingerprint density at radius 3 is 2.50 bits per heavy atom. The Balaban J connectivity index is 1.93. The molecule has 3 aliphatic rings. The molecule has 0 aromatic rings. The average Bonchev–Trinajstić information content (AvgIpc) is 2.50. The molecular weight excluding hydrogens is 300 g/mol. The predicted molar refractivity (Wildman–Crippen MR) is 95.5 cm³/mol. The van der Waals surface area contributed by atoms with Gasteiger partial charge in [-0.2, -0.15) is 0 Å². The fourth-order valence-corrected chi connectivity index (χ4v) is 6.98. The van der Waals surface area contributed by atoms with Crippen LogP contribution in [0, 0.1) is 34.5 Å². The zero-order chi connectivity index (χ0) is 17.8. The van der Waals surface area contributed by atoms with Crippen molar-refractivity contribution >= 4 is 5.78 Å². The first-order chi connectivity index (χ1) is 11.1. The summed E-state index contributed by atoms with van der Waals surface area (Å²) in [4.78, 5) is 12.6. The summed E-state index contributed by atoms with van der Waals surface area (Å²) < 4.78 is 0. The first-order valence-electron chi connectivity index (χ1n) is 10.0. The number of hydrogen-bond donors (Lipinski definition) is 2. The Kier molecular flexibility index (Phi) is 4.66. The molecule has 2 N–H and O–H groups in total. The van der Waals surface area contributed by atoms with E-state index in [-0.39, 0.29) is 17.8 Å². The van der Waals surface area contributed by atoms with Crippen LogP contribution in [0.2, 0.25) is 0 Å². The number of aliphatic hydroxyl groups excluding tert-OH is 1. The van der Waals surface area contributed by atoms with E-state index in [1.807, 2.05) is 13.8 Å². The molecule has 0 aromatic heterocycles. The van der Waals surface area contributed by atoms with Crippen LogP contribution >= 0.6 is 0 Å². The van der Waals surface area contributed by atoms with Crippen LogP contribution in [0.25, 0.3) is 0 Å². The number of carbonyl (C=O) groups is 1. The van der Waals surface area contributed by atoms with Crippen LogP contribution in [-0.2, 0) is 4.79 Å². The monoisotopic (exact) mass is 336 g/mol. The molecule has 0 saturated heterocycles. The van der Waals surface area contributed by atoms with Crippen molar-refractivity contribution in [3.63, 3.8) is 0 Å². The second-order valence-electron chi connectivity index (χ2n) is 9.98. The van der Waals surface area contributed by atoms with E-state index >= 15 is 0 Å². The maximum absolute atomic E-state index is 12.6. The predicted octanol–water partition coefficient (Wildman–Crippen LogP) is 3.96. The highest BCUT2D eigenvalue weighted by Crippen LogP contribution is 2.63. The summed E-state index contributed by atoms with van der Waals surface area (Å²) >= 11 is 0. The molecule has 3 nitrogen and oxygen atoms in total. The van der Waals surface area contributed by atoms with Gasteiger partial charge < -0.3 is 10.2 Å². The molecule has 138 valence electrons. The van der Waals surface area contributed by atoms with Crippen LogP contribution in [0.5, 0.6) is 0 Å².